The highest BCUT2D eigenvalue weighted by Gasteiger charge is 2.33. The van der Waals surface area contributed by atoms with Gasteiger partial charge in [0.2, 0.25) is 19.7 Å². The first kappa shape index (κ1) is 36.0. The normalized spacial score (nSPS) is 13.9. The highest BCUT2D eigenvalue weighted by molar-refractivity contribution is 9.10. The molecule has 0 bridgehead atoms. The van der Waals surface area contributed by atoms with Gasteiger partial charge in [-0.05, 0) is 95.4 Å². The molecule has 1 aliphatic heterocycles. The maximum atomic E-state index is 13.6. The molecule has 7 rings (SSSR count). The second-order valence-electron chi connectivity index (χ2n) is 11.4. The average Bonchev–Trinajstić information content (AvgIpc) is 3.66. The summed E-state index contributed by atoms with van der Waals surface area (Å²) in [4.78, 5) is 7.09. The number of benzene rings is 2. The van der Waals surface area contributed by atoms with E-state index in [0.717, 1.165) is 71.5 Å². The fourth-order valence-corrected chi connectivity index (χ4v) is 12.8. The van der Waals surface area contributed by atoms with E-state index in [4.69, 9.17) is 11.6 Å². The molecule has 0 unspecified atom stereocenters. The summed E-state index contributed by atoms with van der Waals surface area (Å²) in [6, 6.07) is 18.1. The Kier molecular flexibility index (Phi) is 10.4. The van der Waals surface area contributed by atoms with Crippen molar-refractivity contribution in [1.82, 2.24) is 4.98 Å². The molecule has 258 valence electrons. The molecule has 4 aromatic heterocycles. The molecule has 0 amide bonds. The predicted octanol–water partition coefficient (Wildman–Crippen LogP) is 8.47. The third-order valence-corrected chi connectivity index (χ3v) is 16.4. The molecule has 5 heterocycles. The van der Waals surface area contributed by atoms with Gasteiger partial charge in [-0.3, -0.25) is 0 Å². The Morgan fingerprint density at radius 2 is 1.66 bits per heavy atom. The second kappa shape index (κ2) is 14.4. The number of piperidine rings is 1. The van der Waals surface area contributed by atoms with Crippen molar-refractivity contribution < 1.29 is 26.0 Å². The largest absolute Gasteiger partial charge is 0.618 e. The fraction of sp³-hybridized carbons (Fsp3) is 0.182. The Morgan fingerprint density at radius 3 is 2.34 bits per heavy atom. The second-order valence-corrected chi connectivity index (χ2v) is 18.9. The standard InChI is InChI=1S/C19H19ClN2O3S2.C14H6BrFN2O3S2/c1-13-8-11-21(12-9-13)17-16-3-2-10-22(23)18(16)26-19(17)27(24,25)15-6-4-14(20)5-7-15;15-12-11-2-1-3-17-13(11)22-14(12)23(20,21)10-5-8(7-18-19)4-9(16)6-10/h2-7,10,13H,8-9,11-12H2,1H3;1-6H. The number of halogens is 3. The molecule has 6 aromatic rings. The van der Waals surface area contributed by atoms with Crippen molar-refractivity contribution in [2.75, 3.05) is 18.0 Å². The van der Waals surface area contributed by atoms with Gasteiger partial charge in [-0.2, -0.15) is 4.73 Å². The molecule has 0 spiro atoms. The minimum atomic E-state index is -3.99. The van der Waals surface area contributed by atoms with E-state index < -0.39 is 25.5 Å². The molecule has 2 aromatic carbocycles. The minimum absolute atomic E-state index is 0.0156. The highest BCUT2D eigenvalue weighted by Crippen LogP contribution is 2.44. The lowest BCUT2D eigenvalue weighted by molar-refractivity contribution is -0.574. The Labute approximate surface area is 308 Å². The molecule has 0 atom stereocenters. The minimum Gasteiger partial charge on any atom is -0.618 e. The van der Waals surface area contributed by atoms with E-state index in [1.165, 1.54) is 18.3 Å². The summed E-state index contributed by atoms with van der Waals surface area (Å²) >= 11 is 11.2. The average molecular weight is 836 g/mol. The lowest BCUT2D eigenvalue weighted by Crippen LogP contribution is -2.33. The summed E-state index contributed by atoms with van der Waals surface area (Å²) < 4.78 is 67.3. The van der Waals surface area contributed by atoms with Crippen LogP contribution in [0.4, 0.5) is 10.1 Å². The van der Waals surface area contributed by atoms with Crippen LogP contribution in [0, 0.1) is 28.2 Å². The Morgan fingerprint density at radius 1 is 0.980 bits per heavy atom. The van der Waals surface area contributed by atoms with Gasteiger partial charge < -0.3 is 15.3 Å². The van der Waals surface area contributed by atoms with E-state index in [2.05, 4.69) is 37.7 Å². The van der Waals surface area contributed by atoms with Crippen LogP contribution in [0.3, 0.4) is 0 Å². The number of rotatable bonds is 5. The summed E-state index contributed by atoms with van der Waals surface area (Å²) in [5, 5.41) is 26.8. The van der Waals surface area contributed by atoms with Crippen molar-refractivity contribution in [1.29, 1.82) is 0 Å². The molecule has 1 aliphatic rings. The number of sulfone groups is 2. The molecule has 0 aliphatic carbocycles. The van der Waals surface area contributed by atoms with Crippen LogP contribution in [-0.4, -0.2) is 34.9 Å². The quantitative estimate of drug-likeness (QED) is 0.0958. The third kappa shape index (κ3) is 7.03. The van der Waals surface area contributed by atoms with Crippen molar-refractivity contribution in [3.63, 3.8) is 0 Å². The zero-order valence-corrected chi connectivity index (χ0v) is 31.5. The number of fused-ring (bicyclic) bond motifs is 2. The van der Waals surface area contributed by atoms with E-state index in [9.17, 15) is 31.6 Å². The predicted molar refractivity (Wildman–Crippen MR) is 197 cm³/mol. The third-order valence-electron chi connectivity index (χ3n) is 8.00. The summed E-state index contributed by atoms with van der Waals surface area (Å²) in [6.45, 7) is 3.77. The molecule has 0 saturated carbocycles. The van der Waals surface area contributed by atoms with Crippen molar-refractivity contribution >= 4 is 96.0 Å². The van der Waals surface area contributed by atoms with Crippen LogP contribution >= 0.6 is 50.2 Å². The molecule has 1 fully saturated rings. The maximum absolute atomic E-state index is 13.6. The van der Waals surface area contributed by atoms with Crippen LogP contribution in [0.5, 0.6) is 0 Å². The lowest BCUT2D eigenvalue weighted by atomic mass is 9.99. The Balaban J connectivity index is 0.000000175. The molecule has 10 nitrogen and oxygen atoms in total. The number of nitrogens with zero attached hydrogens (tertiary/aromatic N) is 4. The SMILES string of the molecule is CC1CCN(c2c(S(=O)(=O)c3ccc(Cl)cc3)sc3c2ccc[n+]3[O-])CC1.O=S(=O)(c1cc(F)cc(C#[N+][O-])c1)c1sc2ncccc2c1Br. The van der Waals surface area contributed by atoms with Crippen molar-refractivity contribution in [3.8, 4) is 6.07 Å². The summed E-state index contributed by atoms with van der Waals surface area (Å²) in [6.07, 6.45) is 4.96. The first-order chi connectivity index (χ1) is 23.8. The molecule has 17 heteroatoms. The topological polar surface area (TPSA) is 139 Å². The number of hydrogen-bond donors (Lipinski definition) is 0. The maximum Gasteiger partial charge on any atom is 0.336 e. The fourth-order valence-electron chi connectivity index (χ4n) is 5.43. The number of thiophene rings is 2. The lowest BCUT2D eigenvalue weighted by Gasteiger charge is -2.32. The van der Waals surface area contributed by atoms with E-state index in [1.807, 2.05) is 12.1 Å². The number of hydrogen-bond acceptors (Lipinski definition) is 10. The highest BCUT2D eigenvalue weighted by atomic mass is 79.9. The smallest absolute Gasteiger partial charge is 0.336 e. The van der Waals surface area contributed by atoms with Crippen molar-refractivity contribution in [3.05, 3.63) is 115 Å². The summed E-state index contributed by atoms with van der Waals surface area (Å²) in [7, 11) is -7.75. The molecule has 0 radical (unpaired) electrons. The summed E-state index contributed by atoms with van der Waals surface area (Å²) in [5.41, 5.74) is 0.607. The van der Waals surface area contributed by atoms with E-state index in [0.29, 0.717) is 41.5 Å². The van der Waals surface area contributed by atoms with E-state index in [1.54, 1.807) is 36.5 Å². The zero-order chi connectivity index (χ0) is 35.8. The monoisotopic (exact) mass is 834 g/mol. The number of anilines is 1. The molecule has 0 N–H and O–H groups in total. The first-order valence-corrected chi connectivity index (χ1v) is 20.7. The van der Waals surface area contributed by atoms with Gasteiger partial charge in [0.1, 0.15) is 20.4 Å². The van der Waals surface area contributed by atoms with Crippen molar-refractivity contribution in [2.45, 2.75) is 38.0 Å². The Bertz CT molecular complexity index is 2530. The van der Waals surface area contributed by atoms with Crippen molar-refractivity contribution in [2.24, 2.45) is 5.92 Å². The van der Waals surface area contributed by atoms with E-state index >= 15 is 0 Å². The van der Waals surface area contributed by atoms with Crippen LogP contribution in [0.1, 0.15) is 25.3 Å². The van der Waals surface area contributed by atoms with Gasteiger partial charge in [-0.1, -0.05) is 29.9 Å². The number of aromatic nitrogens is 2. The van der Waals surface area contributed by atoms with Crippen LogP contribution in [0.2, 0.25) is 5.02 Å². The van der Waals surface area contributed by atoms with Gasteiger partial charge in [-0.15, -0.1) is 11.3 Å². The molecule has 50 heavy (non-hydrogen) atoms. The zero-order valence-electron chi connectivity index (χ0n) is 25.9. The van der Waals surface area contributed by atoms with Gasteiger partial charge in [0, 0.05) is 40.8 Å². The van der Waals surface area contributed by atoms with Gasteiger partial charge in [-0.25, -0.2) is 26.2 Å². The van der Waals surface area contributed by atoms with Gasteiger partial charge in [0.25, 0.3) is 4.83 Å². The van der Waals surface area contributed by atoms with E-state index in [-0.39, 0.29) is 23.8 Å². The summed E-state index contributed by atoms with van der Waals surface area (Å²) in [5.74, 6) is -0.181. The van der Waals surface area contributed by atoms with Crippen LogP contribution in [0.15, 0.2) is 102 Å². The van der Waals surface area contributed by atoms with Gasteiger partial charge >= 0.3 is 6.07 Å². The van der Waals surface area contributed by atoms with Crippen LogP contribution in [-0.2, 0) is 19.7 Å². The van der Waals surface area contributed by atoms with Crippen LogP contribution in [0.25, 0.3) is 25.4 Å². The Hall–Kier alpha value is -3.85. The van der Waals surface area contributed by atoms with Crippen LogP contribution < -0.4 is 9.63 Å². The van der Waals surface area contributed by atoms with Gasteiger partial charge in [0.15, 0.2) is 10.4 Å². The molecule has 1 saturated heterocycles. The molecular weight excluding hydrogens is 811 g/mol. The number of pyridine rings is 2. The van der Waals surface area contributed by atoms with Gasteiger partial charge in [0.05, 0.1) is 25.3 Å². The molecular formula is C33H25BrClFN4O6S4. The first-order valence-electron chi connectivity index (χ1n) is 14.9.